The summed E-state index contributed by atoms with van der Waals surface area (Å²) in [6.45, 7) is 0. The van der Waals surface area contributed by atoms with Gasteiger partial charge in [0.15, 0.2) is 0 Å². The van der Waals surface area contributed by atoms with Crippen LogP contribution in [-0.4, -0.2) is 15.9 Å². The molecule has 1 fully saturated rings. The first-order valence-electron chi connectivity index (χ1n) is 7.24. The smallest absolute Gasteiger partial charge is 0.0812 e. The Balaban J connectivity index is 2.01. The average molecular weight is 295 g/mol. The van der Waals surface area contributed by atoms with Crippen molar-refractivity contribution >= 4 is 5.71 Å². The largest absolute Gasteiger partial charge is 0.411 e. The van der Waals surface area contributed by atoms with Gasteiger partial charge in [-0.2, -0.15) is 0 Å². The third kappa shape index (κ3) is 2.70. The molecule has 0 aliphatic carbocycles. The van der Waals surface area contributed by atoms with E-state index in [1.807, 2.05) is 60.7 Å². The van der Waals surface area contributed by atoms with Gasteiger partial charge >= 0.3 is 0 Å². The van der Waals surface area contributed by atoms with Gasteiger partial charge in [0.05, 0.1) is 23.1 Å². The molecule has 0 radical (unpaired) electrons. The summed E-state index contributed by atoms with van der Waals surface area (Å²) >= 11 is 0. The second kappa shape index (κ2) is 6.39. The molecule has 2 aromatic rings. The third-order valence-corrected chi connectivity index (χ3v) is 4.10. The standard InChI is InChI=1S/C17H17N3O2/c21-18-15-11-16(13-7-3-1-4-8-13)20(19-22)17(12-15)14-9-5-2-6-10-14/h1-10,16-17,21H,11-12H2/t16-,17+. The van der Waals surface area contributed by atoms with E-state index in [0.717, 1.165) is 11.1 Å². The van der Waals surface area contributed by atoms with Gasteiger partial charge in [-0.15, -0.1) is 4.91 Å². The van der Waals surface area contributed by atoms with Gasteiger partial charge in [-0.1, -0.05) is 65.8 Å². The number of benzene rings is 2. The minimum absolute atomic E-state index is 0.219. The van der Waals surface area contributed by atoms with Crippen LogP contribution in [0.1, 0.15) is 36.1 Å². The second-order valence-corrected chi connectivity index (χ2v) is 5.39. The lowest BCUT2D eigenvalue weighted by atomic mass is 9.88. The molecule has 1 saturated heterocycles. The molecular weight excluding hydrogens is 278 g/mol. The summed E-state index contributed by atoms with van der Waals surface area (Å²) in [6.07, 6.45) is 0.991. The van der Waals surface area contributed by atoms with Crippen LogP contribution in [0.25, 0.3) is 0 Å². The van der Waals surface area contributed by atoms with Crippen molar-refractivity contribution in [1.82, 2.24) is 5.01 Å². The highest BCUT2D eigenvalue weighted by atomic mass is 16.4. The van der Waals surface area contributed by atoms with Gasteiger partial charge in [-0.25, -0.2) is 5.01 Å². The van der Waals surface area contributed by atoms with Crippen molar-refractivity contribution in [3.8, 4) is 0 Å². The van der Waals surface area contributed by atoms with E-state index in [9.17, 15) is 10.1 Å². The molecule has 1 aliphatic rings. The Morgan fingerprint density at radius 2 is 1.32 bits per heavy atom. The number of nitrogens with zero attached hydrogens (tertiary/aromatic N) is 3. The van der Waals surface area contributed by atoms with Crippen LogP contribution in [-0.2, 0) is 0 Å². The van der Waals surface area contributed by atoms with Gasteiger partial charge in [-0.05, 0) is 11.1 Å². The Hall–Kier alpha value is -2.69. The molecule has 5 heteroatoms. The van der Waals surface area contributed by atoms with E-state index in [4.69, 9.17) is 0 Å². The quantitative estimate of drug-likeness (QED) is 0.527. The van der Waals surface area contributed by atoms with Crippen LogP contribution in [0, 0.1) is 4.91 Å². The maximum atomic E-state index is 11.5. The van der Waals surface area contributed by atoms with Gasteiger partial charge < -0.3 is 5.21 Å². The first-order chi connectivity index (χ1) is 10.8. The SMILES string of the molecule is O=NN1[C@@H](c2ccccc2)CC(=NO)C[C@H]1c1ccccc1. The van der Waals surface area contributed by atoms with E-state index in [1.54, 1.807) is 5.01 Å². The first-order valence-corrected chi connectivity index (χ1v) is 7.24. The molecule has 0 amide bonds. The van der Waals surface area contributed by atoms with Gasteiger partial charge in [0, 0.05) is 12.8 Å². The molecule has 0 bridgehead atoms. The molecule has 2 aromatic carbocycles. The molecule has 0 saturated carbocycles. The molecule has 22 heavy (non-hydrogen) atoms. The van der Waals surface area contributed by atoms with Crippen LogP contribution in [0.4, 0.5) is 0 Å². The highest BCUT2D eigenvalue weighted by molar-refractivity contribution is 5.86. The second-order valence-electron chi connectivity index (χ2n) is 5.39. The summed E-state index contributed by atoms with van der Waals surface area (Å²) in [7, 11) is 0. The summed E-state index contributed by atoms with van der Waals surface area (Å²) < 4.78 is 0. The van der Waals surface area contributed by atoms with E-state index < -0.39 is 0 Å². The number of nitroso groups, excluding NO2 is 1. The predicted molar refractivity (Wildman–Crippen MR) is 84.5 cm³/mol. The van der Waals surface area contributed by atoms with Gasteiger partial charge in [0.25, 0.3) is 0 Å². The van der Waals surface area contributed by atoms with Crippen molar-refractivity contribution in [1.29, 1.82) is 0 Å². The maximum Gasteiger partial charge on any atom is 0.0812 e. The topological polar surface area (TPSA) is 65.3 Å². The lowest BCUT2D eigenvalue weighted by molar-refractivity contribution is 0.124. The van der Waals surface area contributed by atoms with Gasteiger partial charge in [-0.3, -0.25) is 0 Å². The molecular formula is C17H17N3O2. The predicted octanol–water partition coefficient (Wildman–Crippen LogP) is 4.08. The zero-order chi connectivity index (χ0) is 15.4. The lowest BCUT2D eigenvalue weighted by Gasteiger charge is -2.38. The van der Waals surface area contributed by atoms with Crippen molar-refractivity contribution < 1.29 is 5.21 Å². The summed E-state index contributed by atoms with van der Waals surface area (Å²) in [6, 6.07) is 19.0. The Morgan fingerprint density at radius 1 is 0.864 bits per heavy atom. The highest BCUT2D eigenvalue weighted by Crippen LogP contribution is 2.40. The number of rotatable bonds is 3. The number of piperidine rings is 1. The van der Waals surface area contributed by atoms with E-state index in [1.165, 1.54) is 0 Å². The van der Waals surface area contributed by atoms with Crippen LogP contribution < -0.4 is 0 Å². The van der Waals surface area contributed by atoms with Crippen LogP contribution in [0.3, 0.4) is 0 Å². The van der Waals surface area contributed by atoms with E-state index in [-0.39, 0.29) is 12.1 Å². The van der Waals surface area contributed by atoms with Crippen molar-refractivity contribution in [3.63, 3.8) is 0 Å². The van der Waals surface area contributed by atoms with E-state index in [0.29, 0.717) is 18.6 Å². The molecule has 2 atom stereocenters. The van der Waals surface area contributed by atoms with Crippen LogP contribution in [0.15, 0.2) is 71.1 Å². The summed E-state index contributed by atoms with van der Waals surface area (Å²) in [5.41, 5.74) is 2.66. The highest BCUT2D eigenvalue weighted by Gasteiger charge is 2.36. The molecule has 1 aliphatic heterocycles. The third-order valence-electron chi connectivity index (χ3n) is 4.10. The van der Waals surface area contributed by atoms with Crippen molar-refractivity contribution in [3.05, 3.63) is 76.7 Å². The fraction of sp³-hybridized carbons (Fsp3) is 0.235. The summed E-state index contributed by atoms with van der Waals surface area (Å²) in [4.78, 5) is 11.5. The molecule has 1 heterocycles. The molecule has 112 valence electrons. The van der Waals surface area contributed by atoms with E-state index >= 15 is 0 Å². The zero-order valence-corrected chi connectivity index (χ0v) is 12.0. The summed E-state index contributed by atoms with van der Waals surface area (Å²) in [5, 5.41) is 17.5. The number of hydrogen-bond acceptors (Lipinski definition) is 4. The fourth-order valence-corrected chi connectivity index (χ4v) is 3.02. The molecule has 0 spiro atoms. The molecule has 3 rings (SSSR count). The molecule has 5 nitrogen and oxygen atoms in total. The Bertz CT molecular complexity index is 607. The van der Waals surface area contributed by atoms with Gasteiger partial charge in [0.2, 0.25) is 0 Å². The normalized spacial score (nSPS) is 23.5. The maximum absolute atomic E-state index is 11.5. The van der Waals surface area contributed by atoms with Crippen molar-refractivity contribution in [2.24, 2.45) is 10.4 Å². The van der Waals surface area contributed by atoms with Gasteiger partial charge in [0.1, 0.15) is 0 Å². The minimum atomic E-state index is -0.219. The fourth-order valence-electron chi connectivity index (χ4n) is 3.02. The lowest BCUT2D eigenvalue weighted by Crippen LogP contribution is -2.36. The Morgan fingerprint density at radius 3 is 1.68 bits per heavy atom. The summed E-state index contributed by atoms with van der Waals surface area (Å²) in [5.74, 6) is 0. The number of hydrogen-bond donors (Lipinski definition) is 1. The van der Waals surface area contributed by atoms with Crippen LogP contribution >= 0.6 is 0 Å². The van der Waals surface area contributed by atoms with Crippen molar-refractivity contribution in [2.45, 2.75) is 24.9 Å². The minimum Gasteiger partial charge on any atom is -0.411 e. The zero-order valence-electron chi connectivity index (χ0n) is 12.0. The van der Waals surface area contributed by atoms with Crippen LogP contribution in [0.2, 0.25) is 0 Å². The molecule has 0 unspecified atom stereocenters. The van der Waals surface area contributed by atoms with E-state index in [2.05, 4.69) is 10.4 Å². The monoisotopic (exact) mass is 295 g/mol. The Kier molecular flexibility index (Phi) is 4.14. The van der Waals surface area contributed by atoms with Crippen molar-refractivity contribution in [2.75, 3.05) is 0 Å². The first kappa shape index (κ1) is 14.3. The Labute approximate surface area is 128 Å². The average Bonchev–Trinajstić information content (AvgIpc) is 2.62. The van der Waals surface area contributed by atoms with Crippen LogP contribution in [0.5, 0.6) is 0 Å². The molecule has 0 aromatic heterocycles. The number of oxime groups is 1. The molecule has 1 N–H and O–H groups in total.